The zero-order valence-corrected chi connectivity index (χ0v) is 16.2. The lowest BCUT2D eigenvalue weighted by molar-refractivity contribution is -0.119. The predicted octanol–water partition coefficient (Wildman–Crippen LogP) is 2.55. The third-order valence-electron chi connectivity index (χ3n) is 4.27. The van der Waals surface area contributed by atoms with Crippen molar-refractivity contribution < 1.29 is 23.9 Å². The Bertz CT molecular complexity index is 904. The topological polar surface area (TPSA) is 92.8 Å². The van der Waals surface area contributed by atoms with Crippen LogP contribution < -0.4 is 10.2 Å². The fourth-order valence-corrected chi connectivity index (χ4v) is 3.69. The molecule has 2 amide bonds. The molecule has 1 aliphatic heterocycles. The normalized spacial score (nSPS) is 13.5. The first-order chi connectivity index (χ1) is 13.4. The summed E-state index contributed by atoms with van der Waals surface area (Å²) in [6.07, 6.45) is 1.38. The monoisotopic (exact) mass is 400 g/mol. The van der Waals surface area contributed by atoms with Crippen molar-refractivity contribution in [1.82, 2.24) is 5.32 Å². The summed E-state index contributed by atoms with van der Waals surface area (Å²) < 4.78 is 5.11. The van der Waals surface area contributed by atoms with Gasteiger partial charge in [0.2, 0.25) is 17.6 Å². The Balaban J connectivity index is 1.52. The quantitative estimate of drug-likeness (QED) is 0.570. The predicted molar refractivity (Wildman–Crippen MR) is 104 cm³/mol. The highest BCUT2D eigenvalue weighted by Crippen LogP contribution is 2.22. The van der Waals surface area contributed by atoms with Crippen LogP contribution in [0.1, 0.15) is 44.7 Å². The number of amides is 2. The Morgan fingerprint density at radius 3 is 2.54 bits per heavy atom. The number of carbonyl (C=O) groups is 4. The first kappa shape index (κ1) is 19.8. The number of rotatable bonds is 7. The van der Waals surface area contributed by atoms with Gasteiger partial charge < -0.3 is 15.0 Å². The molecule has 1 aromatic heterocycles. The minimum Gasteiger partial charge on any atom is -0.454 e. The number of nitrogens with zero attached hydrogens (tertiary/aromatic N) is 1. The van der Waals surface area contributed by atoms with Crippen molar-refractivity contribution in [2.45, 2.75) is 26.3 Å². The summed E-state index contributed by atoms with van der Waals surface area (Å²) in [5, 5.41) is 2.66. The molecule has 0 aliphatic carbocycles. The van der Waals surface area contributed by atoms with Gasteiger partial charge in [-0.25, -0.2) is 4.79 Å². The number of hydrogen-bond donors (Lipinski definition) is 1. The smallest absolute Gasteiger partial charge is 0.338 e. The van der Waals surface area contributed by atoms with E-state index in [-0.39, 0.29) is 24.2 Å². The van der Waals surface area contributed by atoms with E-state index in [2.05, 4.69) is 5.32 Å². The second-order valence-corrected chi connectivity index (χ2v) is 7.54. The Morgan fingerprint density at radius 2 is 1.89 bits per heavy atom. The number of ether oxygens (including phenoxy) is 1. The maximum absolute atomic E-state index is 12.2. The highest BCUT2D eigenvalue weighted by atomic mass is 32.1. The molecule has 2 heterocycles. The third kappa shape index (κ3) is 4.83. The highest BCUT2D eigenvalue weighted by molar-refractivity contribution is 7.14. The lowest BCUT2D eigenvalue weighted by Crippen LogP contribution is -2.23. The molecule has 1 aliphatic rings. The SMILES string of the molecule is CC(=O)NCc1ccc(C(=O)COC(=O)c2ccc(N3CCCC3=O)cc2)s1. The molecule has 1 N–H and O–H groups in total. The number of hydrogen-bond acceptors (Lipinski definition) is 6. The minimum atomic E-state index is -0.595. The molecule has 1 fully saturated rings. The van der Waals surface area contributed by atoms with Crippen molar-refractivity contribution in [2.24, 2.45) is 0 Å². The van der Waals surface area contributed by atoms with Gasteiger partial charge in [-0.15, -0.1) is 11.3 Å². The summed E-state index contributed by atoms with van der Waals surface area (Å²) >= 11 is 1.25. The van der Waals surface area contributed by atoms with Crippen molar-refractivity contribution >= 4 is 40.6 Å². The van der Waals surface area contributed by atoms with Crippen LogP contribution in [-0.2, 0) is 20.9 Å². The first-order valence-electron chi connectivity index (χ1n) is 8.88. The molecule has 2 aromatic rings. The second kappa shape index (κ2) is 8.79. The number of carbonyl (C=O) groups excluding carboxylic acids is 4. The summed E-state index contributed by atoms with van der Waals surface area (Å²) in [5.74, 6) is -0.959. The van der Waals surface area contributed by atoms with E-state index in [4.69, 9.17) is 4.74 Å². The molecule has 8 heteroatoms. The lowest BCUT2D eigenvalue weighted by atomic mass is 10.2. The summed E-state index contributed by atoms with van der Waals surface area (Å²) in [6.45, 7) is 2.11. The van der Waals surface area contributed by atoms with Crippen molar-refractivity contribution in [2.75, 3.05) is 18.1 Å². The van der Waals surface area contributed by atoms with Gasteiger partial charge in [-0.3, -0.25) is 14.4 Å². The second-order valence-electron chi connectivity index (χ2n) is 6.37. The van der Waals surface area contributed by atoms with Crippen LogP contribution in [0.5, 0.6) is 0 Å². The van der Waals surface area contributed by atoms with Crippen LogP contribution in [0.15, 0.2) is 36.4 Å². The molecule has 28 heavy (non-hydrogen) atoms. The molecular weight excluding hydrogens is 380 g/mol. The Morgan fingerprint density at radius 1 is 1.14 bits per heavy atom. The van der Waals surface area contributed by atoms with Gasteiger partial charge >= 0.3 is 5.97 Å². The number of thiophene rings is 1. The van der Waals surface area contributed by atoms with Crippen LogP contribution in [0, 0.1) is 0 Å². The number of benzene rings is 1. The molecule has 0 unspecified atom stereocenters. The fourth-order valence-electron chi connectivity index (χ4n) is 2.82. The Kier molecular flexibility index (Phi) is 6.20. The van der Waals surface area contributed by atoms with E-state index < -0.39 is 5.97 Å². The van der Waals surface area contributed by atoms with Crippen molar-refractivity contribution in [3.05, 3.63) is 51.7 Å². The Hall–Kier alpha value is -3.00. The van der Waals surface area contributed by atoms with E-state index in [1.165, 1.54) is 18.3 Å². The summed E-state index contributed by atoms with van der Waals surface area (Å²) in [7, 11) is 0. The molecule has 0 bridgehead atoms. The van der Waals surface area contributed by atoms with Gasteiger partial charge in [0.05, 0.1) is 17.0 Å². The number of anilines is 1. The number of nitrogens with one attached hydrogen (secondary N) is 1. The number of Topliss-reactive ketones (excluding diaryl/α,β-unsaturated/α-hetero) is 1. The molecule has 0 saturated carbocycles. The van der Waals surface area contributed by atoms with Crippen molar-refractivity contribution in [1.29, 1.82) is 0 Å². The molecule has 1 aromatic carbocycles. The van der Waals surface area contributed by atoms with Gasteiger partial charge in [-0.05, 0) is 42.8 Å². The standard InChI is InChI=1S/C20H20N2O5S/c1-13(23)21-11-16-8-9-18(28-16)17(24)12-27-20(26)14-4-6-15(7-5-14)22-10-2-3-19(22)25/h4-9H,2-3,10-12H2,1H3,(H,21,23). The van der Waals surface area contributed by atoms with Gasteiger partial charge in [-0.2, -0.15) is 0 Å². The maximum Gasteiger partial charge on any atom is 0.338 e. The zero-order chi connectivity index (χ0) is 20.1. The highest BCUT2D eigenvalue weighted by Gasteiger charge is 2.22. The molecule has 0 atom stereocenters. The van der Waals surface area contributed by atoms with Crippen LogP contribution in [0.4, 0.5) is 5.69 Å². The van der Waals surface area contributed by atoms with Gasteiger partial charge in [0, 0.05) is 30.5 Å². The largest absolute Gasteiger partial charge is 0.454 e. The van der Waals surface area contributed by atoms with E-state index in [0.717, 1.165) is 17.0 Å². The summed E-state index contributed by atoms with van der Waals surface area (Å²) in [6, 6.07) is 9.99. The van der Waals surface area contributed by atoms with Crippen LogP contribution in [0.3, 0.4) is 0 Å². The van der Waals surface area contributed by atoms with E-state index in [0.29, 0.717) is 30.0 Å². The molecule has 1 saturated heterocycles. The van der Waals surface area contributed by atoms with E-state index in [9.17, 15) is 19.2 Å². The summed E-state index contributed by atoms with van der Waals surface area (Å²) in [5.41, 5.74) is 1.07. The van der Waals surface area contributed by atoms with E-state index in [1.54, 1.807) is 41.3 Å². The molecule has 146 valence electrons. The van der Waals surface area contributed by atoms with Crippen LogP contribution in [-0.4, -0.2) is 36.7 Å². The van der Waals surface area contributed by atoms with Gasteiger partial charge in [0.15, 0.2) is 6.61 Å². The maximum atomic E-state index is 12.2. The lowest BCUT2D eigenvalue weighted by Gasteiger charge is -2.15. The van der Waals surface area contributed by atoms with Crippen molar-refractivity contribution in [3.63, 3.8) is 0 Å². The fraction of sp³-hybridized carbons (Fsp3) is 0.300. The Labute approximate surface area is 166 Å². The average molecular weight is 400 g/mol. The van der Waals surface area contributed by atoms with Crippen LogP contribution in [0.25, 0.3) is 0 Å². The van der Waals surface area contributed by atoms with Crippen LogP contribution in [0.2, 0.25) is 0 Å². The van der Waals surface area contributed by atoms with E-state index in [1.807, 2.05) is 0 Å². The van der Waals surface area contributed by atoms with Gasteiger partial charge in [-0.1, -0.05) is 0 Å². The van der Waals surface area contributed by atoms with E-state index >= 15 is 0 Å². The number of esters is 1. The van der Waals surface area contributed by atoms with Crippen molar-refractivity contribution in [3.8, 4) is 0 Å². The third-order valence-corrected chi connectivity index (χ3v) is 5.40. The zero-order valence-electron chi connectivity index (χ0n) is 15.4. The molecule has 0 spiro atoms. The minimum absolute atomic E-state index is 0.0785. The molecular formula is C20H20N2O5S. The summed E-state index contributed by atoms with van der Waals surface area (Å²) in [4.78, 5) is 50.1. The molecule has 0 radical (unpaired) electrons. The van der Waals surface area contributed by atoms with Gasteiger partial charge in [0.25, 0.3) is 0 Å². The average Bonchev–Trinajstić information content (AvgIpc) is 3.33. The van der Waals surface area contributed by atoms with Gasteiger partial charge in [0.1, 0.15) is 0 Å². The number of ketones is 1. The molecule has 3 rings (SSSR count). The molecule has 7 nitrogen and oxygen atoms in total. The first-order valence-corrected chi connectivity index (χ1v) is 9.69. The van der Waals surface area contributed by atoms with Crippen LogP contribution >= 0.6 is 11.3 Å².